The third-order valence-corrected chi connectivity index (χ3v) is 8.15. The van der Waals surface area contributed by atoms with Gasteiger partial charge in [-0.1, -0.05) is 20.8 Å². The van der Waals surface area contributed by atoms with Gasteiger partial charge in [0.1, 0.15) is 0 Å². The maximum absolute atomic E-state index is 10.7. The molecule has 0 bridgehead atoms. The zero-order valence-corrected chi connectivity index (χ0v) is 14.1. The number of rotatable bonds is 8. The first-order chi connectivity index (χ1) is 7.96. The molecule has 0 aromatic rings. The first kappa shape index (κ1) is 18.0. The Morgan fingerprint density at radius 3 is 1.94 bits per heavy atom. The second kappa shape index (κ2) is 7.00. The van der Waals surface area contributed by atoms with Crippen molar-refractivity contribution in [2.24, 2.45) is 0 Å². The van der Waals surface area contributed by atoms with Gasteiger partial charge in [-0.3, -0.25) is 4.18 Å². The average molecular weight is 298 g/mol. The van der Waals surface area contributed by atoms with Crippen molar-refractivity contribution in [3.8, 4) is 0 Å². The van der Waals surface area contributed by atoms with Crippen LogP contribution in [0.3, 0.4) is 0 Å². The van der Waals surface area contributed by atoms with Gasteiger partial charge < -0.3 is 9.16 Å². The summed E-state index contributed by atoms with van der Waals surface area (Å²) in [4.78, 5) is 0. The molecule has 0 aromatic heterocycles. The van der Waals surface area contributed by atoms with Crippen LogP contribution in [-0.4, -0.2) is 49.4 Å². The van der Waals surface area contributed by atoms with Crippen LogP contribution in [0, 0.1) is 0 Å². The lowest BCUT2D eigenvalue weighted by Crippen LogP contribution is -2.41. The van der Waals surface area contributed by atoms with Crippen molar-refractivity contribution in [2.75, 3.05) is 32.7 Å². The number of hydrogen-bond acceptors (Lipinski definition) is 5. The van der Waals surface area contributed by atoms with E-state index >= 15 is 0 Å². The molecule has 7 heteroatoms. The van der Waals surface area contributed by atoms with E-state index in [-0.39, 0.29) is 18.3 Å². The maximum atomic E-state index is 10.7. The standard InChI is InChI=1S/C11H26O5SSi/c1-11(2,3)18(5,6)16-10-8-14-7-9-15-17(4,12)13/h7-10H2,1-6H3. The van der Waals surface area contributed by atoms with Crippen LogP contribution in [0.4, 0.5) is 0 Å². The summed E-state index contributed by atoms with van der Waals surface area (Å²) < 4.78 is 37.0. The molecule has 0 aromatic carbocycles. The summed E-state index contributed by atoms with van der Waals surface area (Å²) in [7, 11) is -5.07. The van der Waals surface area contributed by atoms with Crippen molar-refractivity contribution >= 4 is 18.4 Å². The molecule has 0 saturated carbocycles. The molecule has 0 aliphatic heterocycles. The molecule has 0 fully saturated rings. The Morgan fingerprint density at radius 1 is 1.00 bits per heavy atom. The fraction of sp³-hybridized carbons (Fsp3) is 1.00. The topological polar surface area (TPSA) is 61.8 Å². The molecule has 0 aliphatic rings. The summed E-state index contributed by atoms with van der Waals surface area (Å²) in [5.41, 5.74) is 0. The van der Waals surface area contributed by atoms with Gasteiger partial charge in [-0.05, 0) is 18.1 Å². The van der Waals surface area contributed by atoms with Crippen LogP contribution < -0.4 is 0 Å². The van der Waals surface area contributed by atoms with E-state index in [1.165, 1.54) is 0 Å². The molecule has 0 N–H and O–H groups in total. The third-order valence-electron chi connectivity index (χ3n) is 3.02. The molecule has 5 nitrogen and oxygen atoms in total. The Morgan fingerprint density at radius 2 is 1.50 bits per heavy atom. The molecule has 0 atom stereocenters. The van der Waals surface area contributed by atoms with Crippen molar-refractivity contribution < 1.29 is 21.8 Å². The molecular weight excluding hydrogens is 272 g/mol. The normalized spacial score (nSPS) is 13.9. The molecule has 0 heterocycles. The van der Waals surface area contributed by atoms with Crippen molar-refractivity contribution in [3.63, 3.8) is 0 Å². The van der Waals surface area contributed by atoms with Gasteiger partial charge in [-0.2, -0.15) is 8.42 Å². The Kier molecular flexibility index (Phi) is 7.02. The van der Waals surface area contributed by atoms with E-state index in [0.717, 1.165) is 6.26 Å². The molecule has 0 aliphatic carbocycles. The minimum atomic E-state index is -3.36. The average Bonchev–Trinajstić information content (AvgIpc) is 2.12. The highest BCUT2D eigenvalue weighted by molar-refractivity contribution is 7.85. The highest BCUT2D eigenvalue weighted by Gasteiger charge is 2.36. The van der Waals surface area contributed by atoms with E-state index < -0.39 is 18.4 Å². The number of hydrogen-bond donors (Lipinski definition) is 0. The van der Waals surface area contributed by atoms with Crippen LogP contribution in [0.25, 0.3) is 0 Å². The lowest BCUT2D eigenvalue weighted by molar-refractivity contribution is 0.0747. The number of ether oxygens (including phenoxy) is 1. The fourth-order valence-corrected chi connectivity index (χ4v) is 2.32. The SMILES string of the molecule is CC(C)(C)[Si](C)(C)OCCOCCOS(C)(=O)=O. The van der Waals surface area contributed by atoms with Gasteiger partial charge in [-0.15, -0.1) is 0 Å². The summed E-state index contributed by atoms with van der Waals surface area (Å²) in [6.07, 6.45) is 1.02. The highest BCUT2D eigenvalue weighted by Crippen LogP contribution is 2.36. The van der Waals surface area contributed by atoms with Gasteiger partial charge >= 0.3 is 0 Å². The van der Waals surface area contributed by atoms with E-state index in [4.69, 9.17) is 9.16 Å². The monoisotopic (exact) mass is 298 g/mol. The van der Waals surface area contributed by atoms with Gasteiger partial charge in [0.15, 0.2) is 8.32 Å². The zero-order valence-electron chi connectivity index (χ0n) is 12.3. The molecule has 0 saturated heterocycles. The van der Waals surface area contributed by atoms with Crippen molar-refractivity contribution in [1.29, 1.82) is 0 Å². The van der Waals surface area contributed by atoms with Gasteiger partial charge in [0.2, 0.25) is 0 Å². The fourth-order valence-electron chi connectivity index (χ4n) is 0.919. The molecule has 110 valence electrons. The quantitative estimate of drug-likeness (QED) is 0.390. The second-order valence-electron chi connectivity index (χ2n) is 5.75. The van der Waals surface area contributed by atoms with E-state index in [0.29, 0.717) is 13.2 Å². The minimum Gasteiger partial charge on any atom is -0.414 e. The van der Waals surface area contributed by atoms with Gasteiger partial charge in [0.05, 0.1) is 32.7 Å². The Hall–Kier alpha value is 0.0469. The smallest absolute Gasteiger partial charge is 0.264 e. The first-order valence-electron chi connectivity index (χ1n) is 6.02. The summed E-state index contributed by atoms with van der Waals surface area (Å²) in [5, 5.41) is 0.187. The van der Waals surface area contributed by atoms with Crippen molar-refractivity contribution in [3.05, 3.63) is 0 Å². The lowest BCUT2D eigenvalue weighted by Gasteiger charge is -2.36. The van der Waals surface area contributed by atoms with Crippen LogP contribution in [0.2, 0.25) is 18.1 Å². The predicted octanol–water partition coefficient (Wildman–Crippen LogP) is 2.00. The van der Waals surface area contributed by atoms with E-state index in [1.807, 2.05) is 0 Å². The molecule has 0 rings (SSSR count). The van der Waals surface area contributed by atoms with Crippen LogP contribution in [0.15, 0.2) is 0 Å². The zero-order chi connectivity index (χ0) is 14.4. The van der Waals surface area contributed by atoms with Crippen LogP contribution in [-0.2, 0) is 23.5 Å². The molecule has 0 unspecified atom stereocenters. The highest BCUT2D eigenvalue weighted by atomic mass is 32.2. The van der Waals surface area contributed by atoms with E-state index in [1.54, 1.807) is 0 Å². The van der Waals surface area contributed by atoms with Crippen LogP contribution >= 0.6 is 0 Å². The summed E-state index contributed by atoms with van der Waals surface area (Å²) in [6.45, 7) is 12.2. The summed E-state index contributed by atoms with van der Waals surface area (Å²) in [5.74, 6) is 0. The summed E-state index contributed by atoms with van der Waals surface area (Å²) in [6, 6.07) is 0. The predicted molar refractivity (Wildman–Crippen MR) is 74.8 cm³/mol. The minimum absolute atomic E-state index is 0.0545. The van der Waals surface area contributed by atoms with E-state index in [9.17, 15) is 8.42 Å². The van der Waals surface area contributed by atoms with Crippen LogP contribution in [0.1, 0.15) is 20.8 Å². The Balaban J connectivity index is 3.64. The molecule has 0 radical (unpaired) electrons. The van der Waals surface area contributed by atoms with Crippen molar-refractivity contribution in [2.45, 2.75) is 38.9 Å². The van der Waals surface area contributed by atoms with Gasteiger partial charge in [0, 0.05) is 0 Å². The van der Waals surface area contributed by atoms with Crippen molar-refractivity contribution in [1.82, 2.24) is 0 Å². The van der Waals surface area contributed by atoms with Gasteiger partial charge in [0.25, 0.3) is 10.1 Å². The molecular formula is C11H26O5SSi. The third kappa shape index (κ3) is 8.20. The lowest BCUT2D eigenvalue weighted by atomic mass is 10.2. The Labute approximate surface area is 112 Å². The second-order valence-corrected chi connectivity index (χ2v) is 12.2. The largest absolute Gasteiger partial charge is 0.414 e. The first-order valence-corrected chi connectivity index (χ1v) is 10.7. The Bertz CT molecular complexity index is 332. The van der Waals surface area contributed by atoms with Gasteiger partial charge in [-0.25, -0.2) is 0 Å². The molecule has 0 amide bonds. The molecule has 0 spiro atoms. The molecule has 18 heavy (non-hydrogen) atoms. The maximum Gasteiger partial charge on any atom is 0.264 e. The summed E-state index contributed by atoms with van der Waals surface area (Å²) >= 11 is 0. The van der Waals surface area contributed by atoms with Crippen LogP contribution in [0.5, 0.6) is 0 Å². The van der Waals surface area contributed by atoms with E-state index in [2.05, 4.69) is 38.0 Å².